The normalized spacial score (nSPS) is 26.8. The molecular formula is C20H23FO3. The van der Waals surface area contributed by atoms with Crippen molar-refractivity contribution in [2.45, 2.75) is 38.3 Å². The van der Waals surface area contributed by atoms with Gasteiger partial charge < -0.3 is 9.47 Å². The van der Waals surface area contributed by atoms with Gasteiger partial charge in [0.05, 0.1) is 19.1 Å². The van der Waals surface area contributed by atoms with Crippen molar-refractivity contribution in [1.82, 2.24) is 0 Å². The van der Waals surface area contributed by atoms with Crippen LogP contribution in [0.1, 0.15) is 38.2 Å². The molecule has 0 aliphatic heterocycles. The SMILES string of the molecule is CCOC1=CC(F)(C=O)C(C2CC2)=C(OCC)C1c1ccccc1. The zero-order valence-corrected chi connectivity index (χ0v) is 14.1. The fourth-order valence-corrected chi connectivity index (χ4v) is 3.39. The first-order chi connectivity index (χ1) is 11.6. The molecule has 2 aliphatic carbocycles. The van der Waals surface area contributed by atoms with Crippen LogP contribution in [0, 0.1) is 5.92 Å². The number of hydrogen-bond donors (Lipinski definition) is 0. The van der Waals surface area contributed by atoms with Crippen molar-refractivity contribution in [1.29, 1.82) is 0 Å². The molecule has 3 rings (SSSR count). The number of hydrogen-bond acceptors (Lipinski definition) is 3. The van der Waals surface area contributed by atoms with E-state index in [1.54, 1.807) is 0 Å². The van der Waals surface area contributed by atoms with Crippen LogP contribution in [0.15, 0.2) is 53.5 Å². The molecule has 2 aliphatic rings. The van der Waals surface area contributed by atoms with E-state index >= 15 is 4.39 Å². The Bertz CT molecular complexity index is 661. The fraction of sp³-hybridized carbons (Fsp3) is 0.450. The van der Waals surface area contributed by atoms with Gasteiger partial charge in [-0.25, -0.2) is 4.39 Å². The Morgan fingerprint density at radius 3 is 2.38 bits per heavy atom. The molecule has 0 N–H and O–H groups in total. The Morgan fingerprint density at radius 2 is 1.83 bits per heavy atom. The highest BCUT2D eigenvalue weighted by molar-refractivity contribution is 5.75. The van der Waals surface area contributed by atoms with Gasteiger partial charge in [-0.2, -0.15) is 0 Å². The number of aldehydes is 1. The second-order valence-corrected chi connectivity index (χ2v) is 6.19. The van der Waals surface area contributed by atoms with Crippen molar-refractivity contribution in [2.75, 3.05) is 13.2 Å². The standard InChI is InChI=1S/C20H23FO3/c1-3-23-16-12-20(21,13-22)18(15-10-11-15)19(24-4-2)17(16)14-8-6-5-7-9-14/h5-9,12-13,15,17H,3-4,10-11H2,1-2H3. The Balaban J connectivity index is 2.18. The Morgan fingerprint density at radius 1 is 1.17 bits per heavy atom. The molecule has 0 radical (unpaired) electrons. The molecule has 0 spiro atoms. The third kappa shape index (κ3) is 2.97. The summed E-state index contributed by atoms with van der Waals surface area (Å²) >= 11 is 0. The van der Waals surface area contributed by atoms with E-state index in [1.165, 1.54) is 6.08 Å². The zero-order chi connectivity index (χ0) is 17.2. The molecule has 0 saturated heterocycles. The fourth-order valence-electron chi connectivity index (χ4n) is 3.39. The van der Waals surface area contributed by atoms with Crippen molar-refractivity contribution in [3.8, 4) is 0 Å². The number of halogens is 1. The maximum Gasteiger partial charge on any atom is 0.212 e. The number of carbonyl (C=O) groups excluding carboxylic acids is 1. The molecule has 4 heteroatoms. The molecule has 1 aromatic rings. The second-order valence-electron chi connectivity index (χ2n) is 6.19. The molecule has 1 saturated carbocycles. The smallest absolute Gasteiger partial charge is 0.212 e. The zero-order valence-electron chi connectivity index (χ0n) is 14.1. The molecule has 3 nitrogen and oxygen atoms in total. The van der Waals surface area contributed by atoms with Gasteiger partial charge in [0, 0.05) is 11.6 Å². The molecule has 0 aromatic heterocycles. The predicted molar refractivity (Wildman–Crippen MR) is 90.2 cm³/mol. The summed E-state index contributed by atoms with van der Waals surface area (Å²) in [6.45, 7) is 4.55. The van der Waals surface area contributed by atoms with Gasteiger partial charge in [-0.3, -0.25) is 4.79 Å². The predicted octanol–water partition coefficient (Wildman–Crippen LogP) is 4.31. The lowest BCUT2D eigenvalue weighted by Crippen LogP contribution is -2.35. The average Bonchev–Trinajstić information content (AvgIpc) is 3.41. The topological polar surface area (TPSA) is 35.5 Å². The summed E-state index contributed by atoms with van der Waals surface area (Å²) in [5.41, 5.74) is -0.676. The minimum Gasteiger partial charge on any atom is -0.497 e. The van der Waals surface area contributed by atoms with E-state index in [4.69, 9.17) is 9.47 Å². The highest BCUT2D eigenvalue weighted by atomic mass is 19.1. The van der Waals surface area contributed by atoms with E-state index in [2.05, 4.69) is 0 Å². The first-order valence-electron chi connectivity index (χ1n) is 8.57. The summed E-state index contributed by atoms with van der Waals surface area (Å²) in [6, 6.07) is 9.78. The molecular weight excluding hydrogens is 307 g/mol. The average molecular weight is 330 g/mol. The number of alkyl halides is 1. The monoisotopic (exact) mass is 330 g/mol. The summed E-state index contributed by atoms with van der Waals surface area (Å²) in [7, 11) is 0. The van der Waals surface area contributed by atoms with E-state index in [0.717, 1.165) is 18.4 Å². The van der Waals surface area contributed by atoms with Crippen LogP contribution in [0.4, 0.5) is 4.39 Å². The van der Waals surface area contributed by atoms with Crippen LogP contribution in [0.2, 0.25) is 0 Å². The Labute approximate surface area is 142 Å². The first kappa shape index (κ1) is 16.7. The van der Waals surface area contributed by atoms with Crippen LogP contribution in [-0.4, -0.2) is 25.2 Å². The van der Waals surface area contributed by atoms with Crippen LogP contribution in [0.5, 0.6) is 0 Å². The van der Waals surface area contributed by atoms with E-state index in [9.17, 15) is 4.79 Å². The maximum absolute atomic E-state index is 15.4. The van der Waals surface area contributed by atoms with Crippen LogP contribution < -0.4 is 0 Å². The molecule has 128 valence electrons. The van der Waals surface area contributed by atoms with Gasteiger partial charge in [0.1, 0.15) is 11.5 Å². The number of benzene rings is 1. The second kappa shape index (κ2) is 6.80. The van der Waals surface area contributed by atoms with Gasteiger partial charge in [-0.15, -0.1) is 0 Å². The molecule has 1 aromatic carbocycles. The van der Waals surface area contributed by atoms with Gasteiger partial charge in [0.15, 0.2) is 6.29 Å². The maximum atomic E-state index is 15.4. The number of carbonyl (C=O) groups is 1. The number of ether oxygens (including phenoxy) is 2. The summed E-state index contributed by atoms with van der Waals surface area (Å²) in [4.78, 5) is 11.6. The van der Waals surface area contributed by atoms with Crippen LogP contribution in [0.25, 0.3) is 0 Å². The highest BCUT2D eigenvalue weighted by Gasteiger charge is 2.50. The minimum atomic E-state index is -2.14. The molecule has 24 heavy (non-hydrogen) atoms. The van der Waals surface area contributed by atoms with Gasteiger partial charge in [-0.05, 0) is 38.2 Å². The van der Waals surface area contributed by atoms with Crippen molar-refractivity contribution in [2.24, 2.45) is 5.92 Å². The molecule has 0 amide bonds. The molecule has 2 unspecified atom stereocenters. The van der Waals surface area contributed by atoms with Gasteiger partial charge >= 0.3 is 0 Å². The van der Waals surface area contributed by atoms with Crippen LogP contribution in [0.3, 0.4) is 0 Å². The quantitative estimate of drug-likeness (QED) is 0.699. The summed E-state index contributed by atoms with van der Waals surface area (Å²) < 4.78 is 27.0. The Kier molecular flexibility index (Phi) is 4.74. The van der Waals surface area contributed by atoms with Crippen LogP contribution >= 0.6 is 0 Å². The van der Waals surface area contributed by atoms with E-state index < -0.39 is 5.67 Å². The lowest BCUT2D eigenvalue weighted by Gasteiger charge is -2.34. The summed E-state index contributed by atoms with van der Waals surface area (Å²) in [6.07, 6.45) is 3.51. The van der Waals surface area contributed by atoms with Crippen molar-refractivity contribution < 1.29 is 18.7 Å². The van der Waals surface area contributed by atoms with E-state index in [0.29, 0.717) is 36.6 Å². The van der Waals surface area contributed by atoms with Crippen LogP contribution in [-0.2, 0) is 14.3 Å². The number of rotatable bonds is 7. The van der Waals surface area contributed by atoms with Gasteiger partial charge in [0.25, 0.3) is 0 Å². The Hall–Kier alpha value is -2.10. The number of allylic oxidation sites excluding steroid dienone is 2. The summed E-state index contributed by atoms with van der Waals surface area (Å²) in [5.74, 6) is 0.774. The molecule has 0 bridgehead atoms. The van der Waals surface area contributed by atoms with Crippen molar-refractivity contribution >= 4 is 6.29 Å². The molecule has 1 fully saturated rings. The van der Waals surface area contributed by atoms with Crippen molar-refractivity contribution in [3.63, 3.8) is 0 Å². The molecule has 2 atom stereocenters. The first-order valence-corrected chi connectivity index (χ1v) is 8.57. The lowest BCUT2D eigenvalue weighted by molar-refractivity contribution is -0.114. The minimum absolute atomic E-state index is 0.0763. The summed E-state index contributed by atoms with van der Waals surface area (Å²) in [5, 5.41) is 0. The van der Waals surface area contributed by atoms with Crippen molar-refractivity contribution in [3.05, 3.63) is 59.1 Å². The highest BCUT2D eigenvalue weighted by Crippen LogP contribution is 2.52. The third-order valence-corrected chi connectivity index (χ3v) is 4.48. The van der Waals surface area contributed by atoms with E-state index in [1.807, 2.05) is 44.2 Å². The third-order valence-electron chi connectivity index (χ3n) is 4.48. The van der Waals surface area contributed by atoms with E-state index in [-0.39, 0.29) is 11.8 Å². The lowest BCUT2D eigenvalue weighted by atomic mass is 9.78. The molecule has 0 heterocycles. The largest absolute Gasteiger partial charge is 0.497 e. The van der Waals surface area contributed by atoms with Gasteiger partial charge in [0.2, 0.25) is 5.67 Å². The van der Waals surface area contributed by atoms with Gasteiger partial charge in [-0.1, -0.05) is 30.3 Å².